The predicted molar refractivity (Wildman–Crippen MR) is 94.2 cm³/mol. The van der Waals surface area contributed by atoms with Crippen molar-refractivity contribution in [3.05, 3.63) is 71.9 Å². The molecule has 6 heteroatoms. The molecule has 4 N–H and O–H groups in total. The van der Waals surface area contributed by atoms with E-state index in [-0.39, 0.29) is 18.3 Å². The third kappa shape index (κ3) is 4.24. The Balaban J connectivity index is 1.66. The summed E-state index contributed by atoms with van der Waals surface area (Å²) in [6.07, 6.45) is 0.461. The zero-order valence-electron chi connectivity index (χ0n) is 13.5. The second-order valence-corrected chi connectivity index (χ2v) is 5.76. The average molecular weight is 337 g/mol. The third-order valence-electron chi connectivity index (χ3n) is 3.87. The van der Waals surface area contributed by atoms with Crippen molar-refractivity contribution in [1.82, 2.24) is 15.5 Å². The fourth-order valence-electron chi connectivity index (χ4n) is 2.54. The molecule has 25 heavy (non-hydrogen) atoms. The molecular weight excluding hydrogens is 318 g/mol. The molecule has 1 aromatic heterocycles. The van der Waals surface area contributed by atoms with Crippen molar-refractivity contribution < 1.29 is 15.0 Å². The van der Waals surface area contributed by atoms with Gasteiger partial charge in [0.15, 0.2) is 0 Å². The molecule has 0 aliphatic heterocycles. The van der Waals surface area contributed by atoms with Gasteiger partial charge in [0, 0.05) is 5.56 Å². The summed E-state index contributed by atoms with van der Waals surface area (Å²) in [6.45, 7) is -0.188. The lowest BCUT2D eigenvalue weighted by molar-refractivity contribution is 0.0911. The van der Waals surface area contributed by atoms with Crippen LogP contribution in [0, 0.1) is 0 Å². The van der Waals surface area contributed by atoms with E-state index in [1.807, 2.05) is 30.3 Å². The van der Waals surface area contributed by atoms with Crippen LogP contribution in [0.15, 0.2) is 60.7 Å². The van der Waals surface area contributed by atoms with Gasteiger partial charge in [-0.25, -0.2) is 0 Å². The molecule has 0 saturated carbocycles. The number of aromatic nitrogens is 2. The van der Waals surface area contributed by atoms with Gasteiger partial charge in [0.25, 0.3) is 5.91 Å². The van der Waals surface area contributed by atoms with E-state index in [1.54, 1.807) is 30.3 Å². The molecule has 3 aromatic rings. The van der Waals surface area contributed by atoms with Gasteiger partial charge in [0.1, 0.15) is 11.4 Å². The summed E-state index contributed by atoms with van der Waals surface area (Å²) in [7, 11) is 0. The van der Waals surface area contributed by atoms with Gasteiger partial charge in [-0.1, -0.05) is 42.5 Å². The number of hydrogen-bond donors (Lipinski definition) is 4. The lowest BCUT2D eigenvalue weighted by Gasteiger charge is -2.15. The molecule has 1 heterocycles. The summed E-state index contributed by atoms with van der Waals surface area (Å²) in [6, 6.07) is 17.5. The second-order valence-electron chi connectivity index (χ2n) is 5.76. The molecule has 0 saturated heterocycles. The number of benzene rings is 2. The number of rotatable bonds is 6. The van der Waals surface area contributed by atoms with Gasteiger partial charge >= 0.3 is 0 Å². The minimum atomic E-state index is -0.430. The zero-order chi connectivity index (χ0) is 17.6. The molecule has 128 valence electrons. The van der Waals surface area contributed by atoms with E-state index < -0.39 is 6.04 Å². The molecule has 1 amide bonds. The summed E-state index contributed by atoms with van der Waals surface area (Å²) in [5.74, 6) is -0.147. The highest BCUT2D eigenvalue weighted by Crippen LogP contribution is 2.17. The van der Waals surface area contributed by atoms with Crippen LogP contribution in [-0.2, 0) is 6.42 Å². The van der Waals surface area contributed by atoms with Crippen LogP contribution < -0.4 is 5.32 Å². The number of nitrogens with zero attached hydrogens (tertiary/aromatic N) is 1. The molecule has 2 aromatic carbocycles. The molecule has 0 radical (unpaired) electrons. The van der Waals surface area contributed by atoms with Crippen LogP contribution >= 0.6 is 0 Å². The molecule has 0 bridgehead atoms. The maximum atomic E-state index is 12.4. The Bertz CT molecular complexity index is 829. The zero-order valence-corrected chi connectivity index (χ0v) is 13.5. The van der Waals surface area contributed by atoms with Gasteiger partial charge in [-0.2, -0.15) is 5.10 Å². The van der Waals surface area contributed by atoms with Gasteiger partial charge in [-0.05, 0) is 30.2 Å². The highest BCUT2D eigenvalue weighted by molar-refractivity contribution is 5.93. The molecule has 6 nitrogen and oxygen atoms in total. The number of carbonyl (C=O) groups is 1. The first kappa shape index (κ1) is 16.7. The summed E-state index contributed by atoms with van der Waals surface area (Å²) in [5, 5.41) is 28.5. The van der Waals surface area contributed by atoms with Crippen LogP contribution in [0.25, 0.3) is 11.3 Å². The minimum Gasteiger partial charge on any atom is -0.508 e. The SMILES string of the molecule is O=C(N[C@H](CO)Cc1ccc(O)cc1)c1cc(-c2ccccc2)n[nH]1. The molecule has 0 aliphatic carbocycles. The molecule has 1 atom stereocenters. The van der Waals surface area contributed by atoms with Crippen molar-refractivity contribution in [2.75, 3.05) is 6.61 Å². The number of phenolic OH excluding ortho intramolecular Hbond substituents is 1. The summed E-state index contributed by atoms with van der Waals surface area (Å²) < 4.78 is 0. The average Bonchev–Trinajstić information content (AvgIpc) is 3.14. The lowest BCUT2D eigenvalue weighted by atomic mass is 10.1. The first-order valence-electron chi connectivity index (χ1n) is 7.96. The number of aromatic hydroxyl groups is 1. The van der Waals surface area contributed by atoms with Gasteiger partial charge in [0.2, 0.25) is 0 Å². The Morgan fingerprint density at radius 2 is 1.84 bits per heavy atom. The number of H-pyrrole nitrogens is 1. The topological polar surface area (TPSA) is 98.2 Å². The standard InChI is InChI=1S/C19H19N3O3/c23-12-15(10-13-6-8-16(24)9-7-13)20-19(25)18-11-17(21-22-18)14-4-2-1-3-5-14/h1-9,11,15,23-24H,10,12H2,(H,20,25)(H,21,22)/t15-/m0/s1. The van der Waals surface area contributed by atoms with E-state index >= 15 is 0 Å². The Morgan fingerprint density at radius 1 is 1.12 bits per heavy atom. The molecular formula is C19H19N3O3. The summed E-state index contributed by atoms with van der Waals surface area (Å²) in [5.41, 5.74) is 2.85. The Hall–Kier alpha value is -3.12. The summed E-state index contributed by atoms with van der Waals surface area (Å²) in [4.78, 5) is 12.4. The van der Waals surface area contributed by atoms with Gasteiger partial charge in [-0.3, -0.25) is 9.89 Å². The second kappa shape index (κ2) is 7.63. The van der Waals surface area contributed by atoms with Crippen LogP contribution in [0.1, 0.15) is 16.1 Å². The molecule has 0 spiro atoms. The monoisotopic (exact) mass is 337 g/mol. The number of amides is 1. The Labute approximate surface area is 145 Å². The highest BCUT2D eigenvalue weighted by Gasteiger charge is 2.16. The van der Waals surface area contributed by atoms with Crippen LogP contribution in [0.4, 0.5) is 0 Å². The van der Waals surface area contributed by atoms with Crippen LogP contribution in [0.2, 0.25) is 0 Å². The van der Waals surface area contributed by atoms with E-state index in [9.17, 15) is 15.0 Å². The maximum absolute atomic E-state index is 12.4. The quantitative estimate of drug-likeness (QED) is 0.554. The predicted octanol–water partition coefficient (Wildman–Crippen LogP) is 2.12. The van der Waals surface area contributed by atoms with E-state index in [1.165, 1.54) is 0 Å². The van der Waals surface area contributed by atoms with Crippen molar-refractivity contribution in [2.45, 2.75) is 12.5 Å². The molecule has 0 unspecified atom stereocenters. The largest absolute Gasteiger partial charge is 0.508 e. The van der Waals surface area contributed by atoms with Crippen molar-refractivity contribution in [3.8, 4) is 17.0 Å². The van der Waals surface area contributed by atoms with Crippen molar-refractivity contribution >= 4 is 5.91 Å². The van der Waals surface area contributed by atoms with Crippen LogP contribution in [0.3, 0.4) is 0 Å². The number of carbonyl (C=O) groups excluding carboxylic acids is 1. The molecule has 0 fully saturated rings. The molecule has 3 rings (SSSR count). The maximum Gasteiger partial charge on any atom is 0.269 e. The van der Waals surface area contributed by atoms with Crippen molar-refractivity contribution in [2.24, 2.45) is 0 Å². The van der Waals surface area contributed by atoms with E-state index in [4.69, 9.17) is 0 Å². The number of aliphatic hydroxyl groups excluding tert-OH is 1. The Kier molecular flexibility index (Phi) is 5.11. The summed E-state index contributed by atoms with van der Waals surface area (Å²) >= 11 is 0. The first-order valence-corrected chi connectivity index (χ1v) is 7.96. The van der Waals surface area contributed by atoms with Crippen molar-refractivity contribution in [3.63, 3.8) is 0 Å². The fraction of sp³-hybridized carbons (Fsp3) is 0.158. The smallest absolute Gasteiger partial charge is 0.269 e. The normalized spacial score (nSPS) is 11.9. The highest BCUT2D eigenvalue weighted by atomic mass is 16.3. The van der Waals surface area contributed by atoms with E-state index in [0.717, 1.165) is 11.1 Å². The fourth-order valence-corrected chi connectivity index (χ4v) is 2.54. The Morgan fingerprint density at radius 3 is 2.52 bits per heavy atom. The first-order chi connectivity index (χ1) is 12.2. The number of aliphatic hydroxyl groups is 1. The number of aromatic amines is 1. The minimum absolute atomic E-state index is 0.180. The number of nitrogens with one attached hydrogen (secondary N) is 2. The molecule has 0 aliphatic rings. The van der Waals surface area contributed by atoms with E-state index in [2.05, 4.69) is 15.5 Å². The van der Waals surface area contributed by atoms with Gasteiger partial charge in [0.05, 0.1) is 18.3 Å². The van der Waals surface area contributed by atoms with Crippen LogP contribution in [-0.4, -0.2) is 39.0 Å². The number of phenols is 1. The third-order valence-corrected chi connectivity index (χ3v) is 3.87. The lowest BCUT2D eigenvalue weighted by Crippen LogP contribution is -2.39. The van der Waals surface area contributed by atoms with Gasteiger partial charge in [-0.15, -0.1) is 0 Å². The van der Waals surface area contributed by atoms with E-state index in [0.29, 0.717) is 17.8 Å². The van der Waals surface area contributed by atoms with Gasteiger partial charge < -0.3 is 15.5 Å². The number of hydrogen-bond acceptors (Lipinski definition) is 4. The van der Waals surface area contributed by atoms with Crippen molar-refractivity contribution in [1.29, 1.82) is 0 Å². The van der Waals surface area contributed by atoms with Crippen LogP contribution in [0.5, 0.6) is 5.75 Å².